The summed E-state index contributed by atoms with van der Waals surface area (Å²) in [5, 5.41) is 9.18. The maximum atomic E-state index is 12.1. The molecule has 2 fully saturated rings. The second-order valence-electron chi connectivity index (χ2n) is 8.56. The zero-order chi connectivity index (χ0) is 26.1. The molecule has 0 spiro atoms. The van der Waals surface area contributed by atoms with Crippen LogP contribution >= 0.6 is 27.4 Å². The van der Waals surface area contributed by atoms with Crippen LogP contribution < -0.4 is 36.8 Å². The minimum atomic E-state index is -5.69. The van der Waals surface area contributed by atoms with Crippen molar-refractivity contribution in [3.63, 3.8) is 0 Å². The fraction of sp³-hybridized carbons (Fsp3) is 0.700. The van der Waals surface area contributed by atoms with Crippen LogP contribution in [0.2, 0.25) is 0 Å². The molecule has 3 amide bonds. The maximum Gasteiger partial charge on any atom is 0.315 e. The van der Waals surface area contributed by atoms with E-state index >= 15 is 0 Å². The third-order valence-electron chi connectivity index (χ3n) is 5.54. The quantitative estimate of drug-likeness (QED) is 0.0951. The highest BCUT2D eigenvalue weighted by Crippen LogP contribution is 2.50. The van der Waals surface area contributed by atoms with Gasteiger partial charge in [-0.1, -0.05) is 29.7 Å². The Morgan fingerprint density at radius 1 is 1.14 bits per heavy atom. The third-order valence-corrected chi connectivity index (χ3v) is 9.11. The first-order valence-corrected chi connectivity index (χ1v) is 15.3. The van der Waals surface area contributed by atoms with Crippen molar-refractivity contribution in [3.05, 3.63) is 23.3 Å². The van der Waals surface area contributed by atoms with Crippen LogP contribution in [0.25, 0.3) is 0 Å². The monoisotopic (exact) mass is 570 g/mol. The molecule has 4 atom stereocenters. The highest BCUT2D eigenvalue weighted by atomic mass is 32.2. The second kappa shape index (κ2) is 15.3. The van der Waals surface area contributed by atoms with E-state index in [-0.39, 0.29) is 30.2 Å². The molecule has 36 heavy (non-hydrogen) atoms. The predicted octanol–water partition coefficient (Wildman–Crippen LogP) is 1.21. The first-order chi connectivity index (χ1) is 16.3. The van der Waals surface area contributed by atoms with Gasteiger partial charge in [-0.15, -0.1) is 0 Å². The molecule has 2 aliphatic rings. The summed E-state index contributed by atoms with van der Waals surface area (Å²) in [6, 6.07) is 0.307. The summed E-state index contributed by atoms with van der Waals surface area (Å²) >= 11 is 1.86. The predicted molar refractivity (Wildman–Crippen MR) is 132 cm³/mol. The lowest BCUT2D eigenvalue weighted by Crippen LogP contribution is -2.36. The van der Waals surface area contributed by atoms with Crippen molar-refractivity contribution in [1.82, 2.24) is 22.1 Å². The van der Waals surface area contributed by atoms with Crippen molar-refractivity contribution >= 4 is 39.3 Å². The number of phosphoric ester groups is 1. The van der Waals surface area contributed by atoms with E-state index in [0.29, 0.717) is 31.1 Å². The molecular formula is C20H36N4O9P2S-2. The summed E-state index contributed by atoms with van der Waals surface area (Å²) in [4.78, 5) is 55.3. The summed E-state index contributed by atoms with van der Waals surface area (Å²) in [5.74, 6) is 0.916. The minimum Gasteiger partial charge on any atom is -0.790 e. The number of amides is 3. The lowest BCUT2D eigenvalue weighted by Gasteiger charge is -2.34. The number of fused-ring (bicyclic) bond motifs is 1. The van der Waals surface area contributed by atoms with E-state index in [2.05, 4.69) is 24.8 Å². The zero-order valence-electron chi connectivity index (χ0n) is 20.7. The lowest BCUT2D eigenvalue weighted by atomic mass is 10.0. The molecule has 13 nitrogen and oxygen atoms in total. The van der Waals surface area contributed by atoms with Gasteiger partial charge in [0, 0.05) is 24.0 Å². The summed E-state index contributed by atoms with van der Waals surface area (Å²) < 4.78 is 29.2. The number of thioether (sulfide) groups is 1. The average molecular weight is 571 g/mol. The van der Waals surface area contributed by atoms with Crippen LogP contribution in [0.15, 0.2) is 23.3 Å². The molecule has 0 aromatic heterocycles. The lowest BCUT2D eigenvalue weighted by molar-refractivity contribution is -0.339. The number of carbonyl (C=O) groups is 2. The van der Waals surface area contributed by atoms with Crippen LogP contribution in [-0.4, -0.2) is 48.2 Å². The summed E-state index contributed by atoms with van der Waals surface area (Å²) in [6.45, 7) is 3.64. The molecule has 0 aromatic rings. The third kappa shape index (κ3) is 12.8. The second-order valence-corrected chi connectivity index (χ2v) is 12.5. The number of unbranched alkanes of at least 4 members (excludes halogenated alkanes) is 1. The molecular weight excluding hydrogens is 534 g/mol. The molecule has 16 heteroatoms. The van der Waals surface area contributed by atoms with Crippen LogP contribution in [0.3, 0.4) is 0 Å². The number of quaternary nitrogens is 1. The van der Waals surface area contributed by atoms with E-state index in [1.807, 2.05) is 24.8 Å². The summed E-state index contributed by atoms with van der Waals surface area (Å²) in [5.41, 5.74) is 1.78. The molecule has 2 aliphatic heterocycles. The molecule has 1 unspecified atom stereocenters. The van der Waals surface area contributed by atoms with Gasteiger partial charge in [-0.25, -0.2) is 4.79 Å². The van der Waals surface area contributed by atoms with Gasteiger partial charge in [0.25, 0.3) is 7.82 Å². The van der Waals surface area contributed by atoms with E-state index < -0.39 is 22.3 Å². The Labute approximate surface area is 215 Å². The van der Waals surface area contributed by atoms with Crippen molar-refractivity contribution in [2.45, 2.75) is 69.7 Å². The summed E-state index contributed by atoms with van der Waals surface area (Å²) in [7, 11) is -10.9. The number of urea groups is 1. The number of nitrogens with one attached hydrogen (secondary N) is 3. The first kappa shape index (κ1) is 32.8. The highest BCUT2D eigenvalue weighted by Gasteiger charge is 2.42. The molecule has 2 saturated heterocycles. The van der Waals surface area contributed by atoms with Gasteiger partial charge in [0.1, 0.15) is 0 Å². The van der Waals surface area contributed by atoms with Crippen molar-refractivity contribution in [2.24, 2.45) is 0 Å². The molecule has 0 aliphatic carbocycles. The van der Waals surface area contributed by atoms with E-state index in [4.69, 9.17) is 0 Å². The molecule has 2 rings (SSSR count). The van der Waals surface area contributed by atoms with Crippen molar-refractivity contribution in [2.75, 3.05) is 18.9 Å². The van der Waals surface area contributed by atoms with Crippen molar-refractivity contribution < 1.29 is 42.2 Å². The minimum absolute atomic E-state index is 0. The Morgan fingerprint density at radius 2 is 1.86 bits per heavy atom. The topological polar surface area (TPSA) is 229 Å². The fourth-order valence-electron chi connectivity index (χ4n) is 3.74. The number of carbonyl (C=O) groups excluding carboxylic acids is 2. The van der Waals surface area contributed by atoms with Gasteiger partial charge in [-0.05, 0) is 39.5 Å². The molecule has 208 valence electrons. The van der Waals surface area contributed by atoms with E-state index in [0.717, 1.165) is 36.2 Å². The smallest absolute Gasteiger partial charge is 0.315 e. The van der Waals surface area contributed by atoms with Gasteiger partial charge in [0.05, 0.1) is 26.5 Å². The van der Waals surface area contributed by atoms with Crippen LogP contribution in [0.1, 0.15) is 52.4 Å². The van der Waals surface area contributed by atoms with Crippen LogP contribution in [-0.2, 0) is 22.8 Å². The normalized spacial score (nSPS) is 23.8. The number of hydrogen-bond donors (Lipinski definition) is 4. The standard InChI is InChI=1S/C20H35N3O9P2S.H3N/c1-14(10-11-31-34(29,30)32-33(26,27)28)6-5-7-15(2)12-21-18(24)9-4-3-8-17-19-16(13-35-17)22-20(25)23-19;/h7,10,16-17,19H,3-6,8-9,11-13H2,1-2H3,(H,21,24)(H,29,30)(H2,22,23,25)(H2,26,27,28);1H3/p-2/b14-10+,15-7+;/t16-,17-,19-;/m0./s1. The molecule has 0 bridgehead atoms. The molecule has 7 N–H and O–H groups in total. The fourth-order valence-corrected chi connectivity index (χ4v) is 6.71. The average Bonchev–Trinajstić information content (AvgIpc) is 3.27. The Hall–Kier alpha value is -1.21. The van der Waals surface area contributed by atoms with Crippen LogP contribution in [0, 0.1) is 0 Å². The van der Waals surface area contributed by atoms with Gasteiger partial charge in [-0.3, -0.25) is 13.7 Å². The van der Waals surface area contributed by atoms with Crippen molar-refractivity contribution in [1.29, 1.82) is 0 Å². The first-order valence-electron chi connectivity index (χ1n) is 11.3. The van der Waals surface area contributed by atoms with Gasteiger partial charge in [0.15, 0.2) is 0 Å². The Morgan fingerprint density at radius 3 is 2.56 bits per heavy atom. The van der Waals surface area contributed by atoms with Gasteiger partial charge >= 0.3 is 6.03 Å². The zero-order valence-corrected chi connectivity index (χ0v) is 23.3. The van der Waals surface area contributed by atoms with Crippen LogP contribution in [0.5, 0.6) is 0 Å². The number of phosphoric acid groups is 2. The highest BCUT2D eigenvalue weighted by molar-refractivity contribution is 8.00. The van der Waals surface area contributed by atoms with Crippen molar-refractivity contribution in [3.8, 4) is 0 Å². The molecule has 0 saturated carbocycles. The van der Waals surface area contributed by atoms with E-state index in [1.165, 1.54) is 6.08 Å². The Bertz CT molecular complexity index is 912. The van der Waals surface area contributed by atoms with E-state index in [9.17, 15) is 33.4 Å². The maximum absolute atomic E-state index is 12.1. The summed E-state index contributed by atoms with van der Waals surface area (Å²) in [6.07, 6.45) is 7.79. The van der Waals surface area contributed by atoms with E-state index in [1.54, 1.807) is 6.92 Å². The van der Waals surface area contributed by atoms with Gasteiger partial charge in [-0.2, -0.15) is 11.8 Å². The Balaban J connectivity index is 0.00000648. The number of allylic oxidation sites excluding steroid dienone is 2. The molecule has 0 radical (unpaired) electrons. The SMILES string of the molecule is C/C(=C\COP(=O)([O-])OP(=O)([O-])[O-])CC/C=C(\C)CNC(=O)CCCC[C@@H]1SC[C@@H]2NC(=O)N[C@@H]21.[NH4+]. The van der Waals surface area contributed by atoms with Crippen LogP contribution in [0.4, 0.5) is 4.79 Å². The van der Waals surface area contributed by atoms with Gasteiger partial charge < -0.3 is 45.9 Å². The van der Waals surface area contributed by atoms with Gasteiger partial charge in [0.2, 0.25) is 5.91 Å². The Kier molecular flexibility index (Phi) is 13.9. The molecule has 2 heterocycles. The largest absolute Gasteiger partial charge is 0.790 e. The number of rotatable bonds is 15. The molecule has 0 aromatic carbocycles. The number of hydrogen-bond acceptors (Lipinski definition) is 10.